The third-order valence-electron chi connectivity index (χ3n) is 10.5. The maximum absolute atomic E-state index is 13.6. The van der Waals surface area contributed by atoms with Gasteiger partial charge in [-0.15, -0.1) is 10.2 Å². The molecule has 0 saturated heterocycles. The summed E-state index contributed by atoms with van der Waals surface area (Å²) in [6, 6.07) is 2.21. The molecule has 202 valence electrons. The van der Waals surface area contributed by atoms with Gasteiger partial charge in [-0.3, -0.25) is 9.48 Å². The first-order chi connectivity index (χ1) is 18.1. The first-order valence-electron chi connectivity index (χ1n) is 13.7. The zero-order chi connectivity index (χ0) is 26.9. The van der Waals surface area contributed by atoms with Crippen molar-refractivity contribution in [1.82, 2.24) is 24.5 Å². The van der Waals surface area contributed by atoms with E-state index in [1.165, 1.54) is 22.9 Å². The van der Waals surface area contributed by atoms with E-state index in [2.05, 4.69) is 34.4 Å². The van der Waals surface area contributed by atoms with Gasteiger partial charge in [-0.1, -0.05) is 31.2 Å². The highest BCUT2D eigenvalue weighted by molar-refractivity contribution is 7.99. The Morgan fingerprint density at radius 1 is 1.34 bits per heavy atom. The number of Topliss-reactive ketones (excluding diaryl/α,β-unsaturated/α-hetero) is 1. The predicted molar refractivity (Wildman–Crippen MR) is 142 cm³/mol. The lowest BCUT2D eigenvalue weighted by atomic mass is 9.45. The molecule has 0 bridgehead atoms. The summed E-state index contributed by atoms with van der Waals surface area (Å²) in [4.78, 5) is 13.6. The lowest BCUT2D eigenvalue weighted by Gasteiger charge is -2.60. The minimum Gasteiger partial charge on any atom is -0.393 e. The van der Waals surface area contributed by atoms with Gasteiger partial charge >= 0.3 is 0 Å². The number of nitriles is 1. The summed E-state index contributed by atoms with van der Waals surface area (Å²) in [5.41, 5.74) is 1.33. The normalized spacial score (nSPS) is 37.4. The number of hydrogen-bond donors (Lipinski definition) is 2. The van der Waals surface area contributed by atoms with Crippen LogP contribution in [0.1, 0.15) is 63.6 Å². The van der Waals surface area contributed by atoms with E-state index in [9.17, 15) is 15.0 Å². The second kappa shape index (κ2) is 9.04. The second-order valence-corrected chi connectivity index (χ2v) is 13.3. The molecule has 0 radical (unpaired) electrons. The van der Waals surface area contributed by atoms with Gasteiger partial charge in [-0.2, -0.15) is 10.4 Å². The molecule has 2 N–H and O–H groups in total. The molecule has 0 aromatic carbocycles. The third-order valence-corrected chi connectivity index (χ3v) is 11.6. The van der Waals surface area contributed by atoms with Gasteiger partial charge in [0, 0.05) is 12.5 Å². The highest BCUT2D eigenvalue weighted by Gasteiger charge is 2.68. The number of aromatic nitrogens is 5. The number of fused-ring (bicyclic) bond motifs is 6. The number of allylic oxidation sites excluding steroid dienone is 1. The lowest BCUT2D eigenvalue weighted by molar-refractivity contribution is -0.177. The molecular formula is C28H36N6O3S. The Labute approximate surface area is 227 Å². The van der Waals surface area contributed by atoms with Crippen LogP contribution < -0.4 is 0 Å². The maximum Gasteiger partial charge on any atom is 0.191 e. The summed E-state index contributed by atoms with van der Waals surface area (Å²) < 4.78 is 3.71. The van der Waals surface area contributed by atoms with Crippen molar-refractivity contribution in [2.24, 2.45) is 35.6 Å². The Kier molecular flexibility index (Phi) is 6.13. The molecular weight excluding hydrogens is 500 g/mol. The lowest BCUT2D eigenvalue weighted by Crippen LogP contribution is -2.62. The van der Waals surface area contributed by atoms with Gasteiger partial charge in [-0.25, -0.2) is 0 Å². The summed E-state index contributed by atoms with van der Waals surface area (Å²) in [6.07, 6.45) is 9.98. The average Bonchev–Trinajstić information content (AvgIpc) is 3.54. The van der Waals surface area contributed by atoms with E-state index >= 15 is 0 Å². The van der Waals surface area contributed by atoms with Gasteiger partial charge in [0.05, 0.1) is 42.8 Å². The van der Waals surface area contributed by atoms with Crippen molar-refractivity contribution in [2.75, 3.05) is 5.75 Å². The summed E-state index contributed by atoms with van der Waals surface area (Å²) in [5.74, 6) is 0.466. The smallest absolute Gasteiger partial charge is 0.191 e. The van der Waals surface area contributed by atoms with Crippen LogP contribution in [0.4, 0.5) is 0 Å². The van der Waals surface area contributed by atoms with E-state index in [4.69, 9.17) is 5.26 Å². The molecule has 2 aromatic rings. The van der Waals surface area contributed by atoms with Gasteiger partial charge < -0.3 is 14.8 Å². The number of rotatable bonds is 6. The highest BCUT2D eigenvalue weighted by Crippen LogP contribution is 2.67. The molecule has 4 aliphatic rings. The molecule has 7 atom stereocenters. The molecule has 3 saturated carbocycles. The number of nitrogens with zero attached hydrogens (tertiary/aromatic N) is 6. The van der Waals surface area contributed by atoms with Crippen LogP contribution in [0.5, 0.6) is 0 Å². The molecule has 0 amide bonds. The Morgan fingerprint density at radius 2 is 2.16 bits per heavy atom. The van der Waals surface area contributed by atoms with E-state index in [-0.39, 0.29) is 34.7 Å². The Balaban J connectivity index is 1.26. The molecule has 2 aromatic heterocycles. The van der Waals surface area contributed by atoms with Gasteiger partial charge in [0.25, 0.3) is 0 Å². The highest BCUT2D eigenvalue weighted by atomic mass is 32.2. The summed E-state index contributed by atoms with van der Waals surface area (Å²) in [5, 5.41) is 45.9. The molecule has 0 spiro atoms. The van der Waals surface area contributed by atoms with Crippen molar-refractivity contribution >= 4 is 23.6 Å². The van der Waals surface area contributed by atoms with Gasteiger partial charge in [0.15, 0.2) is 10.9 Å². The number of thioether (sulfide) groups is 1. The van der Waals surface area contributed by atoms with Crippen molar-refractivity contribution in [3.05, 3.63) is 29.4 Å². The first-order valence-corrected chi connectivity index (χ1v) is 14.6. The number of aliphatic hydroxyl groups excluding tert-OH is 1. The number of ketones is 1. The second-order valence-electron chi connectivity index (χ2n) is 12.3. The van der Waals surface area contributed by atoms with Crippen molar-refractivity contribution < 1.29 is 15.0 Å². The van der Waals surface area contributed by atoms with Crippen LogP contribution in [0.25, 0.3) is 6.08 Å². The van der Waals surface area contributed by atoms with E-state index < -0.39 is 17.1 Å². The fourth-order valence-corrected chi connectivity index (χ4v) is 9.54. The Bertz CT molecular complexity index is 1340. The molecule has 7 unspecified atom stereocenters. The van der Waals surface area contributed by atoms with Crippen molar-refractivity contribution in [3.8, 4) is 6.07 Å². The number of carbonyl (C=O) groups is 1. The number of aliphatic hydroxyl groups is 2. The van der Waals surface area contributed by atoms with Crippen molar-refractivity contribution in [2.45, 2.75) is 82.2 Å². The van der Waals surface area contributed by atoms with Gasteiger partial charge in [-0.05, 0) is 73.3 Å². The van der Waals surface area contributed by atoms with Crippen LogP contribution >= 0.6 is 11.8 Å². The zero-order valence-corrected chi connectivity index (χ0v) is 23.1. The quantitative estimate of drug-likeness (QED) is 0.539. The molecule has 0 aliphatic heterocycles. The minimum atomic E-state index is -1.45. The molecule has 2 heterocycles. The maximum atomic E-state index is 13.6. The third kappa shape index (κ3) is 3.58. The Hall–Kier alpha value is -2.48. The number of hydrogen-bond acceptors (Lipinski definition) is 8. The number of carbonyl (C=O) groups excluding carboxylic acids is 1. The first kappa shape index (κ1) is 25.8. The topological polar surface area (TPSA) is 130 Å². The van der Waals surface area contributed by atoms with Crippen LogP contribution in [0.3, 0.4) is 0 Å². The summed E-state index contributed by atoms with van der Waals surface area (Å²) in [6.45, 7) is 4.92. The van der Waals surface area contributed by atoms with E-state index in [0.29, 0.717) is 31.0 Å². The standard InChI is InChI=1S/C28H36N6O3S/c1-26-12-17-14-31-34(10-4-9-29)21(17)11-18(26)5-6-19-20-7-8-28(37,27(20,2)13-22(35)24(19)26)23(36)15-38-25-32-30-16-33(25)3/h11,14,16,19-20,22,24,35,37H,4-8,10,12-13,15H2,1-3H3. The van der Waals surface area contributed by atoms with Crippen LogP contribution in [0.15, 0.2) is 23.3 Å². The molecule has 10 heteroatoms. The van der Waals surface area contributed by atoms with Gasteiger partial charge in [0.2, 0.25) is 0 Å². The van der Waals surface area contributed by atoms with E-state index in [1.807, 2.05) is 24.9 Å². The minimum absolute atomic E-state index is 0.0710. The number of aryl methyl sites for hydroxylation is 2. The van der Waals surface area contributed by atoms with Crippen LogP contribution in [-0.2, 0) is 24.8 Å². The summed E-state index contributed by atoms with van der Waals surface area (Å²) >= 11 is 1.31. The van der Waals surface area contributed by atoms with E-state index in [0.717, 1.165) is 31.4 Å². The van der Waals surface area contributed by atoms with Crippen LogP contribution in [-0.4, -0.2) is 58.0 Å². The fourth-order valence-electron chi connectivity index (χ4n) is 8.69. The predicted octanol–water partition coefficient (Wildman–Crippen LogP) is 3.17. The van der Waals surface area contributed by atoms with Crippen LogP contribution in [0.2, 0.25) is 0 Å². The van der Waals surface area contributed by atoms with Gasteiger partial charge in [0.1, 0.15) is 11.9 Å². The van der Waals surface area contributed by atoms with E-state index in [1.54, 1.807) is 10.9 Å². The largest absolute Gasteiger partial charge is 0.393 e. The van der Waals surface area contributed by atoms with Crippen molar-refractivity contribution in [3.63, 3.8) is 0 Å². The summed E-state index contributed by atoms with van der Waals surface area (Å²) in [7, 11) is 1.84. The molecule has 9 nitrogen and oxygen atoms in total. The Morgan fingerprint density at radius 3 is 2.89 bits per heavy atom. The average molecular weight is 537 g/mol. The molecule has 4 aliphatic carbocycles. The fraction of sp³-hybridized carbons (Fsp3) is 0.679. The molecule has 6 rings (SSSR count). The SMILES string of the molecule is Cn1cnnc1SCC(=O)C1(O)CCC2C3CCC4=Cc5c(cnn5CCC#N)CC4(C)C3C(O)CC21C. The molecule has 3 fully saturated rings. The van der Waals surface area contributed by atoms with Crippen LogP contribution in [0, 0.1) is 39.9 Å². The zero-order valence-electron chi connectivity index (χ0n) is 22.3. The molecule has 38 heavy (non-hydrogen) atoms. The van der Waals surface area contributed by atoms with Crippen molar-refractivity contribution in [1.29, 1.82) is 5.26 Å². The monoisotopic (exact) mass is 536 g/mol.